The minimum absolute atomic E-state index is 0.248. The van der Waals surface area contributed by atoms with E-state index in [1.54, 1.807) is 6.92 Å². The zero-order valence-corrected chi connectivity index (χ0v) is 14.4. The molecule has 1 N–H and O–H groups in total. The van der Waals surface area contributed by atoms with Crippen LogP contribution in [0.3, 0.4) is 0 Å². The smallest absolute Gasteiger partial charge is 0.150 e. The molecular weight excluding hydrogens is 282 g/mol. The van der Waals surface area contributed by atoms with Crippen molar-refractivity contribution in [3.63, 3.8) is 0 Å². The van der Waals surface area contributed by atoms with E-state index < -0.39 is 9.84 Å². The van der Waals surface area contributed by atoms with Gasteiger partial charge in [0.1, 0.15) is 9.84 Å². The normalized spacial score (nSPS) is 13.3. The van der Waals surface area contributed by atoms with Crippen LogP contribution in [-0.4, -0.2) is 32.5 Å². The molecule has 120 valence electrons. The first-order chi connectivity index (χ1) is 9.98. The lowest BCUT2D eigenvalue weighted by Gasteiger charge is -2.19. The summed E-state index contributed by atoms with van der Waals surface area (Å²) in [4.78, 5) is 0. The SMILES string of the molecule is CCCNC(CCCS(=O)(=O)CC)Cc1ccccc1C. The van der Waals surface area contributed by atoms with E-state index in [1.165, 1.54) is 11.1 Å². The molecule has 1 rings (SSSR count). The van der Waals surface area contributed by atoms with Gasteiger partial charge >= 0.3 is 0 Å². The summed E-state index contributed by atoms with van der Waals surface area (Å²) in [6.07, 6.45) is 3.72. The van der Waals surface area contributed by atoms with Crippen LogP contribution in [0.2, 0.25) is 0 Å². The number of sulfone groups is 1. The largest absolute Gasteiger partial charge is 0.314 e. The molecule has 0 aliphatic carbocycles. The molecule has 4 heteroatoms. The third-order valence-electron chi connectivity index (χ3n) is 3.86. The topological polar surface area (TPSA) is 46.2 Å². The molecule has 0 aliphatic rings. The van der Waals surface area contributed by atoms with Crippen LogP contribution in [0.1, 0.15) is 44.2 Å². The third kappa shape index (κ3) is 7.09. The van der Waals surface area contributed by atoms with E-state index >= 15 is 0 Å². The van der Waals surface area contributed by atoms with Crippen molar-refractivity contribution in [2.75, 3.05) is 18.1 Å². The Bertz CT molecular complexity index is 511. The fourth-order valence-corrected chi connectivity index (χ4v) is 3.32. The Balaban J connectivity index is 2.57. The van der Waals surface area contributed by atoms with Gasteiger partial charge in [0, 0.05) is 11.8 Å². The van der Waals surface area contributed by atoms with Gasteiger partial charge in [-0.2, -0.15) is 0 Å². The average molecular weight is 311 g/mol. The second kappa shape index (κ2) is 9.21. The van der Waals surface area contributed by atoms with E-state index in [0.29, 0.717) is 11.8 Å². The van der Waals surface area contributed by atoms with Crippen LogP contribution in [-0.2, 0) is 16.3 Å². The Hall–Kier alpha value is -0.870. The van der Waals surface area contributed by atoms with Crippen LogP contribution < -0.4 is 5.32 Å². The molecule has 0 saturated carbocycles. The molecule has 1 atom stereocenters. The highest BCUT2D eigenvalue weighted by Gasteiger charge is 2.13. The van der Waals surface area contributed by atoms with Gasteiger partial charge in [0.2, 0.25) is 0 Å². The summed E-state index contributed by atoms with van der Waals surface area (Å²) in [6, 6.07) is 8.78. The van der Waals surface area contributed by atoms with E-state index in [0.717, 1.165) is 32.2 Å². The highest BCUT2D eigenvalue weighted by atomic mass is 32.2. The maximum Gasteiger partial charge on any atom is 0.150 e. The van der Waals surface area contributed by atoms with Gasteiger partial charge in [-0.3, -0.25) is 0 Å². The Labute approximate surface area is 130 Å². The Kier molecular flexibility index (Phi) is 7.97. The van der Waals surface area contributed by atoms with E-state index in [1.807, 2.05) is 0 Å². The van der Waals surface area contributed by atoms with Gasteiger partial charge in [0.15, 0.2) is 0 Å². The molecule has 0 bridgehead atoms. The van der Waals surface area contributed by atoms with Crippen molar-refractivity contribution < 1.29 is 8.42 Å². The summed E-state index contributed by atoms with van der Waals surface area (Å²) >= 11 is 0. The Morgan fingerprint density at radius 1 is 1.19 bits per heavy atom. The predicted molar refractivity (Wildman–Crippen MR) is 90.5 cm³/mol. The minimum Gasteiger partial charge on any atom is -0.314 e. The van der Waals surface area contributed by atoms with Crippen LogP contribution in [0.25, 0.3) is 0 Å². The standard InChI is InChI=1S/C17H29NO2S/c1-4-12-18-17(11-8-13-21(19,20)5-2)14-16-10-7-6-9-15(16)3/h6-7,9-10,17-18H,4-5,8,11-14H2,1-3H3. The van der Waals surface area contributed by atoms with E-state index in [4.69, 9.17) is 0 Å². The summed E-state index contributed by atoms with van der Waals surface area (Å²) in [7, 11) is -2.84. The molecule has 0 aliphatic heterocycles. The zero-order chi connectivity index (χ0) is 15.7. The van der Waals surface area contributed by atoms with Crippen LogP contribution >= 0.6 is 0 Å². The van der Waals surface area contributed by atoms with Gasteiger partial charge in [-0.05, 0) is 50.3 Å². The second-order valence-corrected chi connectivity index (χ2v) is 8.13. The summed E-state index contributed by atoms with van der Waals surface area (Å²) in [5, 5.41) is 3.55. The molecule has 0 saturated heterocycles. The summed E-state index contributed by atoms with van der Waals surface area (Å²) < 4.78 is 23.2. The second-order valence-electron chi connectivity index (χ2n) is 5.66. The average Bonchev–Trinajstić information content (AvgIpc) is 2.46. The quantitative estimate of drug-likeness (QED) is 0.722. The van der Waals surface area contributed by atoms with Gasteiger partial charge in [-0.1, -0.05) is 38.1 Å². The molecule has 21 heavy (non-hydrogen) atoms. The maximum atomic E-state index is 11.6. The maximum absolute atomic E-state index is 11.6. The summed E-state index contributed by atoms with van der Waals surface area (Å²) in [6.45, 7) is 6.99. The van der Waals surface area contributed by atoms with Crippen LogP contribution in [0, 0.1) is 6.92 Å². The highest BCUT2D eigenvalue weighted by molar-refractivity contribution is 7.91. The summed E-state index contributed by atoms with van der Waals surface area (Å²) in [5.74, 6) is 0.555. The first-order valence-corrected chi connectivity index (χ1v) is 9.79. The monoisotopic (exact) mass is 311 g/mol. The van der Waals surface area contributed by atoms with Gasteiger partial charge in [-0.15, -0.1) is 0 Å². The molecule has 1 unspecified atom stereocenters. The minimum atomic E-state index is -2.84. The van der Waals surface area contributed by atoms with Crippen LogP contribution in [0.4, 0.5) is 0 Å². The molecule has 3 nitrogen and oxygen atoms in total. The first-order valence-electron chi connectivity index (χ1n) is 7.96. The van der Waals surface area contributed by atoms with Crippen molar-refractivity contribution in [1.82, 2.24) is 5.32 Å². The van der Waals surface area contributed by atoms with Gasteiger partial charge < -0.3 is 5.32 Å². The van der Waals surface area contributed by atoms with Crippen molar-refractivity contribution in [1.29, 1.82) is 0 Å². The van der Waals surface area contributed by atoms with Gasteiger partial charge in [0.05, 0.1) is 5.75 Å². The lowest BCUT2D eigenvalue weighted by molar-refractivity contribution is 0.471. The fourth-order valence-electron chi connectivity index (χ4n) is 2.42. The molecule has 0 spiro atoms. The number of hydrogen-bond donors (Lipinski definition) is 1. The molecule has 1 aromatic carbocycles. The third-order valence-corrected chi connectivity index (χ3v) is 5.65. The van der Waals surface area contributed by atoms with E-state index in [2.05, 4.69) is 43.4 Å². The molecule has 0 aromatic heterocycles. The van der Waals surface area contributed by atoms with Crippen LogP contribution in [0.15, 0.2) is 24.3 Å². The van der Waals surface area contributed by atoms with E-state index in [-0.39, 0.29) is 5.75 Å². The van der Waals surface area contributed by atoms with Crippen molar-refractivity contribution in [3.8, 4) is 0 Å². The van der Waals surface area contributed by atoms with E-state index in [9.17, 15) is 8.42 Å². The predicted octanol–water partition coefficient (Wildman–Crippen LogP) is 3.12. The first kappa shape index (κ1) is 18.2. The zero-order valence-electron chi connectivity index (χ0n) is 13.6. The lowest BCUT2D eigenvalue weighted by Crippen LogP contribution is -2.32. The molecule has 0 fully saturated rings. The highest BCUT2D eigenvalue weighted by Crippen LogP contribution is 2.13. The van der Waals surface area contributed by atoms with Gasteiger partial charge in [0.25, 0.3) is 0 Å². The number of aryl methyl sites for hydroxylation is 1. The number of hydrogen-bond acceptors (Lipinski definition) is 3. The van der Waals surface area contributed by atoms with Crippen molar-refractivity contribution in [2.24, 2.45) is 0 Å². The van der Waals surface area contributed by atoms with Crippen molar-refractivity contribution in [3.05, 3.63) is 35.4 Å². The Morgan fingerprint density at radius 2 is 1.90 bits per heavy atom. The van der Waals surface area contributed by atoms with Crippen molar-refractivity contribution in [2.45, 2.75) is 52.5 Å². The molecule has 0 amide bonds. The molecule has 0 radical (unpaired) electrons. The fraction of sp³-hybridized carbons (Fsp3) is 0.647. The molecule has 0 heterocycles. The lowest BCUT2D eigenvalue weighted by atomic mass is 9.98. The molecule has 1 aromatic rings. The van der Waals surface area contributed by atoms with Gasteiger partial charge in [-0.25, -0.2) is 8.42 Å². The molecular formula is C17H29NO2S. The summed E-state index contributed by atoms with van der Waals surface area (Å²) in [5.41, 5.74) is 2.66. The number of rotatable bonds is 10. The van der Waals surface area contributed by atoms with Crippen LogP contribution in [0.5, 0.6) is 0 Å². The van der Waals surface area contributed by atoms with Crippen molar-refractivity contribution >= 4 is 9.84 Å². The number of nitrogens with one attached hydrogen (secondary N) is 1. The number of benzene rings is 1. The Morgan fingerprint density at radius 3 is 2.52 bits per heavy atom.